The SMILES string of the molecule is CO[C@@H]1OC[C@@H](OC(=O)c2ccccc2)[C@H](OC(=O)c2ccccc2)[C@H]1OC(=O)c1ccccc1. The van der Waals surface area contributed by atoms with Gasteiger partial charge in [-0.1, -0.05) is 54.6 Å². The van der Waals surface area contributed by atoms with Crippen LogP contribution in [-0.2, 0) is 23.7 Å². The Morgan fingerprint density at radius 3 is 1.46 bits per heavy atom. The third-order valence-electron chi connectivity index (χ3n) is 5.39. The maximum absolute atomic E-state index is 12.9. The highest BCUT2D eigenvalue weighted by Gasteiger charge is 2.48. The Bertz CT molecular complexity index is 1130. The second-order valence-electron chi connectivity index (χ2n) is 7.72. The lowest BCUT2D eigenvalue weighted by Crippen LogP contribution is -2.58. The van der Waals surface area contributed by atoms with Gasteiger partial charge < -0.3 is 23.7 Å². The predicted molar refractivity (Wildman–Crippen MR) is 124 cm³/mol. The van der Waals surface area contributed by atoms with Crippen molar-refractivity contribution in [1.82, 2.24) is 0 Å². The first kappa shape index (κ1) is 24.1. The summed E-state index contributed by atoms with van der Waals surface area (Å²) >= 11 is 0. The summed E-state index contributed by atoms with van der Waals surface area (Å²) in [6.07, 6.45) is -4.51. The molecule has 1 fully saturated rings. The van der Waals surface area contributed by atoms with E-state index in [2.05, 4.69) is 0 Å². The van der Waals surface area contributed by atoms with Gasteiger partial charge in [-0.25, -0.2) is 14.4 Å². The molecule has 0 N–H and O–H groups in total. The van der Waals surface area contributed by atoms with Crippen molar-refractivity contribution in [2.24, 2.45) is 0 Å². The van der Waals surface area contributed by atoms with E-state index >= 15 is 0 Å². The fourth-order valence-electron chi connectivity index (χ4n) is 3.63. The Morgan fingerprint density at radius 2 is 1.03 bits per heavy atom. The van der Waals surface area contributed by atoms with E-state index in [1.54, 1.807) is 91.0 Å². The molecule has 1 saturated heterocycles. The van der Waals surface area contributed by atoms with Gasteiger partial charge in [0.25, 0.3) is 0 Å². The highest BCUT2D eigenvalue weighted by atomic mass is 16.7. The maximum atomic E-state index is 12.9. The normalized spacial score (nSPS) is 21.5. The molecule has 0 radical (unpaired) electrons. The quantitative estimate of drug-likeness (QED) is 0.376. The third kappa shape index (κ3) is 5.92. The molecule has 1 aliphatic heterocycles. The van der Waals surface area contributed by atoms with Crippen LogP contribution in [0.25, 0.3) is 0 Å². The average molecular weight is 476 g/mol. The molecule has 4 rings (SSSR count). The Hall–Kier alpha value is -4.01. The lowest BCUT2D eigenvalue weighted by molar-refractivity contribution is -0.260. The van der Waals surface area contributed by atoms with Crippen LogP contribution < -0.4 is 0 Å². The summed E-state index contributed by atoms with van der Waals surface area (Å²) < 4.78 is 28.1. The summed E-state index contributed by atoms with van der Waals surface area (Å²) in [7, 11) is 1.38. The second-order valence-corrected chi connectivity index (χ2v) is 7.72. The molecule has 3 aromatic rings. The van der Waals surface area contributed by atoms with Gasteiger partial charge in [0, 0.05) is 7.11 Å². The van der Waals surface area contributed by atoms with E-state index in [-0.39, 0.29) is 12.2 Å². The van der Waals surface area contributed by atoms with Crippen LogP contribution in [0.5, 0.6) is 0 Å². The molecule has 1 aliphatic rings. The van der Waals surface area contributed by atoms with E-state index in [9.17, 15) is 14.4 Å². The molecule has 0 aliphatic carbocycles. The molecule has 4 atom stereocenters. The third-order valence-corrected chi connectivity index (χ3v) is 5.39. The average Bonchev–Trinajstić information content (AvgIpc) is 2.91. The van der Waals surface area contributed by atoms with E-state index in [0.717, 1.165) is 0 Å². The molecule has 0 aromatic heterocycles. The molecule has 8 nitrogen and oxygen atoms in total. The van der Waals surface area contributed by atoms with Gasteiger partial charge in [0.15, 0.2) is 24.6 Å². The fraction of sp³-hybridized carbons (Fsp3) is 0.222. The van der Waals surface area contributed by atoms with Crippen molar-refractivity contribution in [2.75, 3.05) is 13.7 Å². The number of hydrogen-bond acceptors (Lipinski definition) is 8. The number of hydrogen-bond donors (Lipinski definition) is 0. The summed E-state index contributed by atoms with van der Waals surface area (Å²) in [5.41, 5.74) is 0.889. The summed E-state index contributed by atoms with van der Waals surface area (Å²) in [6.45, 7) is -0.136. The minimum atomic E-state index is -1.21. The van der Waals surface area contributed by atoms with E-state index in [0.29, 0.717) is 11.1 Å². The van der Waals surface area contributed by atoms with Crippen LogP contribution in [0.1, 0.15) is 31.1 Å². The van der Waals surface area contributed by atoms with Crippen LogP contribution in [-0.4, -0.2) is 56.2 Å². The lowest BCUT2D eigenvalue weighted by atomic mass is 10.0. The van der Waals surface area contributed by atoms with Crippen LogP contribution in [0.4, 0.5) is 0 Å². The first-order valence-corrected chi connectivity index (χ1v) is 11.0. The highest BCUT2D eigenvalue weighted by molar-refractivity contribution is 5.91. The van der Waals surface area contributed by atoms with Gasteiger partial charge in [-0.05, 0) is 36.4 Å². The van der Waals surface area contributed by atoms with Gasteiger partial charge in [0.1, 0.15) is 0 Å². The predicted octanol–water partition coefficient (Wildman–Crippen LogP) is 3.67. The Labute approximate surface area is 202 Å². The molecule has 3 aromatic carbocycles. The number of carbonyl (C=O) groups excluding carboxylic acids is 3. The van der Waals surface area contributed by atoms with E-state index in [4.69, 9.17) is 23.7 Å². The van der Waals surface area contributed by atoms with Crippen molar-refractivity contribution >= 4 is 17.9 Å². The first-order valence-electron chi connectivity index (χ1n) is 11.0. The van der Waals surface area contributed by atoms with Crippen molar-refractivity contribution in [2.45, 2.75) is 24.6 Å². The van der Waals surface area contributed by atoms with Crippen molar-refractivity contribution in [1.29, 1.82) is 0 Å². The zero-order valence-electron chi connectivity index (χ0n) is 18.9. The Kier molecular flexibility index (Phi) is 7.87. The van der Waals surface area contributed by atoms with Crippen molar-refractivity contribution in [3.05, 3.63) is 108 Å². The van der Waals surface area contributed by atoms with Crippen molar-refractivity contribution in [3.8, 4) is 0 Å². The number of carbonyl (C=O) groups is 3. The van der Waals surface area contributed by atoms with Gasteiger partial charge in [0.05, 0.1) is 23.3 Å². The minimum Gasteiger partial charge on any atom is -0.452 e. The van der Waals surface area contributed by atoms with Gasteiger partial charge in [0.2, 0.25) is 0 Å². The van der Waals surface area contributed by atoms with Gasteiger partial charge in [-0.3, -0.25) is 0 Å². The Balaban J connectivity index is 1.62. The molecule has 8 heteroatoms. The maximum Gasteiger partial charge on any atom is 0.338 e. The first-order chi connectivity index (χ1) is 17.1. The monoisotopic (exact) mass is 476 g/mol. The standard InChI is InChI=1S/C27H24O8/c1-31-27-23(35-26(30)20-15-9-4-10-16-20)22(34-25(29)19-13-7-3-8-14-19)21(17-32-27)33-24(28)18-11-5-2-6-12-18/h2-16,21-23,27H,17H2,1H3/t21-,22+,23-,27-/m1/s1. The van der Waals surface area contributed by atoms with Crippen molar-refractivity contribution < 1.29 is 38.1 Å². The molecule has 35 heavy (non-hydrogen) atoms. The topological polar surface area (TPSA) is 97.4 Å². The van der Waals surface area contributed by atoms with Crippen LogP contribution in [0, 0.1) is 0 Å². The molecule has 1 heterocycles. The second kappa shape index (κ2) is 11.4. The number of ether oxygens (including phenoxy) is 5. The van der Waals surface area contributed by atoms with Crippen LogP contribution in [0.3, 0.4) is 0 Å². The number of rotatable bonds is 7. The highest BCUT2D eigenvalue weighted by Crippen LogP contribution is 2.27. The summed E-state index contributed by atoms with van der Waals surface area (Å²) in [5.74, 6) is -1.98. The van der Waals surface area contributed by atoms with E-state index in [1.807, 2.05) is 0 Å². The molecule has 0 saturated carbocycles. The fourth-order valence-corrected chi connectivity index (χ4v) is 3.63. The number of methoxy groups -OCH3 is 1. The van der Waals surface area contributed by atoms with E-state index in [1.165, 1.54) is 7.11 Å². The zero-order chi connectivity index (χ0) is 24.6. The smallest absolute Gasteiger partial charge is 0.338 e. The molecule has 0 bridgehead atoms. The molecule has 0 spiro atoms. The summed E-state index contributed by atoms with van der Waals surface area (Å²) in [6, 6.07) is 25.0. The summed E-state index contributed by atoms with van der Waals surface area (Å²) in [4.78, 5) is 38.5. The van der Waals surface area contributed by atoms with Crippen LogP contribution >= 0.6 is 0 Å². The molecular weight excluding hydrogens is 452 g/mol. The zero-order valence-corrected chi connectivity index (χ0v) is 18.9. The van der Waals surface area contributed by atoms with Gasteiger partial charge in [-0.15, -0.1) is 0 Å². The number of benzene rings is 3. The largest absolute Gasteiger partial charge is 0.452 e. The molecule has 180 valence electrons. The minimum absolute atomic E-state index is 0.136. The number of esters is 3. The van der Waals surface area contributed by atoms with E-state index < -0.39 is 42.5 Å². The molecule has 0 amide bonds. The van der Waals surface area contributed by atoms with Crippen LogP contribution in [0.2, 0.25) is 0 Å². The van der Waals surface area contributed by atoms with Gasteiger partial charge >= 0.3 is 17.9 Å². The molecule has 0 unspecified atom stereocenters. The van der Waals surface area contributed by atoms with Crippen molar-refractivity contribution in [3.63, 3.8) is 0 Å². The molecular formula is C27H24O8. The lowest BCUT2D eigenvalue weighted by Gasteiger charge is -2.40. The Morgan fingerprint density at radius 1 is 0.629 bits per heavy atom. The van der Waals surface area contributed by atoms with Gasteiger partial charge in [-0.2, -0.15) is 0 Å². The summed E-state index contributed by atoms with van der Waals surface area (Å²) in [5, 5.41) is 0. The van der Waals surface area contributed by atoms with Crippen LogP contribution in [0.15, 0.2) is 91.0 Å².